The number of anilines is 2. The van der Waals surface area contributed by atoms with Crippen LogP contribution in [0.25, 0.3) is 0 Å². The van der Waals surface area contributed by atoms with Crippen LogP contribution in [0.3, 0.4) is 0 Å². The van der Waals surface area contributed by atoms with E-state index in [0.29, 0.717) is 30.9 Å². The summed E-state index contributed by atoms with van der Waals surface area (Å²) < 4.78 is 0. The third-order valence-corrected chi connectivity index (χ3v) is 2.31. The van der Waals surface area contributed by atoms with Crippen LogP contribution >= 0.6 is 0 Å². The lowest BCUT2D eigenvalue weighted by molar-refractivity contribution is -0.116. The molecule has 5 heteroatoms. The average Bonchev–Trinajstić information content (AvgIpc) is 2.36. The molecule has 0 radical (unpaired) electrons. The standard InChI is InChI=1S/C14H19N3O2/c1-3-9-15-10-8-14(19)17-13-6-4-12(5-7-13)16-11(2)18/h3-7,15H,1,8-10H2,2H3,(H,16,18)(H,17,19). The Morgan fingerprint density at radius 2 is 1.74 bits per heavy atom. The van der Waals surface area contributed by atoms with Crippen molar-refractivity contribution in [1.29, 1.82) is 0 Å². The number of carbonyl (C=O) groups excluding carboxylic acids is 2. The molecular formula is C14H19N3O2. The maximum absolute atomic E-state index is 11.6. The molecule has 0 heterocycles. The zero-order valence-electron chi connectivity index (χ0n) is 11.0. The lowest BCUT2D eigenvalue weighted by Crippen LogP contribution is -2.21. The third-order valence-electron chi connectivity index (χ3n) is 2.31. The number of rotatable bonds is 7. The fourth-order valence-electron chi connectivity index (χ4n) is 1.47. The first-order valence-corrected chi connectivity index (χ1v) is 6.11. The van der Waals surface area contributed by atoms with Crippen molar-refractivity contribution in [1.82, 2.24) is 5.32 Å². The van der Waals surface area contributed by atoms with Crippen LogP contribution in [0.4, 0.5) is 11.4 Å². The van der Waals surface area contributed by atoms with E-state index in [1.54, 1.807) is 30.3 Å². The molecule has 0 spiro atoms. The summed E-state index contributed by atoms with van der Waals surface area (Å²) in [5, 5.41) is 8.50. The minimum Gasteiger partial charge on any atom is -0.326 e. The molecule has 0 saturated heterocycles. The molecule has 0 aromatic heterocycles. The lowest BCUT2D eigenvalue weighted by atomic mass is 10.2. The fraction of sp³-hybridized carbons (Fsp3) is 0.286. The zero-order valence-corrected chi connectivity index (χ0v) is 11.0. The van der Waals surface area contributed by atoms with Crippen molar-refractivity contribution in [3.05, 3.63) is 36.9 Å². The second kappa shape index (κ2) is 8.05. The largest absolute Gasteiger partial charge is 0.326 e. The van der Waals surface area contributed by atoms with Crippen LogP contribution in [-0.4, -0.2) is 24.9 Å². The Hall–Kier alpha value is -2.14. The molecule has 0 bridgehead atoms. The normalized spacial score (nSPS) is 9.74. The number of amides is 2. The molecule has 0 atom stereocenters. The van der Waals surface area contributed by atoms with E-state index in [1.165, 1.54) is 6.92 Å². The van der Waals surface area contributed by atoms with E-state index in [1.807, 2.05) is 0 Å². The summed E-state index contributed by atoms with van der Waals surface area (Å²) in [6, 6.07) is 6.99. The van der Waals surface area contributed by atoms with Crippen LogP contribution in [-0.2, 0) is 9.59 Å². The number of hydrogen-bond acceptors (Lipinski definition) is 3. The van der Waals surface area contributed by atoms with Crippen LogP contribution in [0.2, 0.25) is 0 Å². The van der Waals surface area contributed by atoms with Crippen molar-refractivity contribution < 1.29 is 9.59 Å². The molecular weight excluding hydrogens is 242 g/mol. The summed E-state index contributed by atoms with van der Waals surface area (Å²) >= 11 is 0. The highest BCUT2D eigenvalue weighted by molar-refractivity contribution is 5.92. The SMILES string of the molecule is C=CCNCCC(=O)Nc1ccc(NC(C)=O)cc1. The van der Waals surface area contributed by atoms with Crippen LogP contribution < -0.4 is 16.0 Å². The minimum atomic E-state index is -0.120. The first kappa shape index (κ1) is 14.9. The monoisotopic (exact) mass is 261 g/mol. The molecule has 2 amide bonds. The van der Waals surface area contributed by atoms with Crippen molar-refractivity contribution in [2.45, 2.75) is 13.3 Å². The highest BCUT2D eigenvalue weighted by Gasteiger charge is 2.02. The molecule has 0 saturated carbocycles. The van der Waals surface area contributed by atoms with Gasteiger partial charge in [0.2, 0.25) is 11.8 Å². The summed E-state index contributed by atoms with van der Waals surface area (Å²) in [6.45, 7) is 6.34. The van der Waals surface area contributed by atoms with Gasteiger partial charge in [0, 0.05) is 37.8 Å². The van der Waals surface area contributed by atoms with Crippen molar-refractivity contribution >= 4 is 23.2 Å². The predicted molar refractivity (Wildman–Crippen MR) is 77.1 cm³/mol. The van der Waals surface area contributed by atoms with Gasteiger partial charge in [0.25, 0.3) is 0 Å². The molecule has 1 rings (SSSR count). The first-order valence-electron chi connectivity index (χ1n) is 6.11. The van der Waals surface area contributed by atoms with E-state index in [0.717, 1.165) is 0 Å². The molecule has 5 nitrogen and oxygen atoms in total. The Labute approximate surface area is 113 Å². The maximum Gasteiger partial charge on any atom is 0.225 e. The molecule has 0 aliphatic heterocycles. The van der Waals surface area contributed by atoms with Gasteiger partial charge in [-0.25, -0.2) is 0 Å². The second-order valence-electron chi connectivity index (χ2n) is 4.05. The lowest BCUT2D eigenvalue weighted by Gasteiger charge is -2.07. The molecule has 0 fully saturated rings. The smallest absolute Gasteiger partial charge is 0.225 e. The zero-order chi connectivity index (χ0) is 14.1. The van der Waals surface area contributed by atoms with Crippen molar-refractivity contribution in [2.24, 2.45) is 0 Å². The van der Waals surface area contributed by atoms with Crippen molar-refractivity contribution in [2.75, 3.05) is 23.7 Å². The summed E-state index contributed by atoms with van der Waals surface area (Å²) in [6.07, 6.45) is 2.15. The molecule has 102 valence electrons. The van der Waals surface area contributed by atoms with E-state index in [-0.39, 0.29) is 11.8 Å². The summed E-state index contributed by atoms with van der Waals surface area (Å²) in [7, 11) is 0. The topological polar surface area (TPSA) is 70.2 Å². The van der Waals surface area contributed by atoms with E-state index >= 15 is 0 Å². The van der Waals surface area contributed by atoms with Gasteiger partial charge in [-0.15, -0.1) is 6.58 Å². The number of hydrogen-bond donors (Lipinski definition) is 3. The van der Waals surface area contributed by atoms with Gasteiger partial charge >= 0.3 is 0 Å². The van der Waals surface area contributed by atoms with Gasteiger partial charge in [0.15, 0.2) is 0 Å². The van der Waals surface area contributed by atoms with Crippen LogP contribution in [0, 0.1) is 0 Å². The molecule has 1 aromatic carbocycles. The Morgan fingerprint density at radius 1 is 1.16 bits per heavy atom. The first-order chi connectivity index (χ1) is 9.11. The van der Waals surface area contributed by atoms with Crippen LogP contribution in [0.5, 0.6) is 0 Å². The molecule has 1 aromatic rings. The highest BCUT2D eigenvalue weighted by Crippen LogP contribution is 2.13. The van der Waals surface area contributed by atoms with E-state index < -0.39 is 0 Å². The molecule has 19 heavy (non-hydrogen) atoms. The Balaban J connectivity index is 2.37. The van der Waals surface area contributed by atoms with Gasteiger partial charge in [-0.2, -0.15) is 0 Å². The van der Waals surface area contributed by atoms with E-state index in [4.69, 9.17) is 0 Å². The summed E-state index contributed by atoms with van der Waals surface area (Å²) in [4.78, 5) is 22.4. The second-order valence-corrected chi connectivity index (χ2v) is 4.05. The fourth-order valence-corrected chi connectivity index (χ4v) is 1.47. The van der Waals surface area contributed by atoms with E-state index in [9.17, 15) is 9.59 Å². The van der Waals surface area contributed by atoms with Gasteiger partial charge in [0.1, 0.15) is 0 Å². The van der Waals surface area contributed by atoms with Crippen LogP contribution in [0.1, 0.15) is 13.3 Å². The Kier molecular flexibility index (Phi) is 6.32. The summed E-state index contributed by atoms with van der Waals surface area (Å²) in [5.74, 6) is -0.172. The number of carbonyl (C=O) groups is 2. The van der Waals surface area contributed by atoms with E-state index in [2.05, 4.69) is 22.5 Å². The summed E-state index contributed by atoms with van der Waals surface area (Å²) in [5.41, 5.74) is 1.42. The predicted octanol–water partition coefficient (Wildman–Crippen LogP) is 1.75. The van der Waals surface area contributed by atoms with Gasteiger partial charge < -0.3 is 16.0 Å². The van der Waals surface area contributed by atoms with Gasteiger partial charge in [-0.3, -0.25) is 9.59 Å². The maximum atomic E-state index is 11.6. The third kappa shape index (κ3) is 6.38. The van der Waals surface area contributed by atoms with Crippen LogP contribution in [0.15, 0.2) is 36.9 Å². The minimum absolute atomic E-state index is 0.0520. The van der Waals surface area contributed by atoms with Gasteiger partial charge in [0.05, 0.1) is 0 Å². The van der Waals surface area contributed by atoms with Crippen molar-refractivity contribution in [3.8, 4) is 0 Å². The quantitative estimate of drug-likeness (QED) is 0.517. The highest BCUT2D eigenvalue weighted by atomic mass is 16.2. The Morgan fingerprint density at radius 3 is 2.26 bits per heavy atom. The molecule has 0 aliphatic rings. The van der Waals surface area contributed by atoms with Crippen molar-refractivity contribution in [3.63, 3.8) is 0 Å². The van der Waals surface area contributed by atoms with Gasteiger partial charge in [-0.1, -0.05) is 6.08 Å². The molecule has 0 unspecified atom stereocenters. The molecule has 0 aliphatic carbocycles. The number of benzene rings is 1. The Bertz CT molecular complexity index is 441. The molecule has 3 N–H and O–H groups in total. The number of nitrogens with one attached hydrogen (secondary N) is 3. The average molecular weight is 261 g/mol. The van der Waals surface area contributed by atoms with Gasteiger partial charge in [-0.05, 0) is 24.3 Å².